The van der Waals surface area contributed by atoms with Crippen molar-refractivity contribution in [1.82, 2.24) is 29.2 Å². The summed E-state index contributed by atoms with van der Waals surface area (Å²) in [6, 6.07) is 6.21. The fourth-order valence-corrected chi connectivity index (χ4v) is 3.49. The van der Waals surface area contributed by atoms with Crippen molar-refractivity contribution >= 4 is 0 Å². The van der Waals surface area contributed by atoms with Gasteiger partial charge in [-0.3, -0.25) is 14.6 Å². The molecular weight excluding hydrogens is 328 g/mol. The highest BCUT2D eigenvalue weighted by molar-refractivity contribution is 5.19. The maximum atomic E-state index is 6.01. The Hall–Kier alpha value is -2.51. The van der Waals surface area contributed by atoms with E-state index >= 15 is 0 Å². The van der Waals surface area contributed by atoms with E-state index in [-0.39, 0.29) is 0 Å². The molecule has 1 aliphatic heterocycles. The second-order valence-electron chi connectivity index (χ2n) is 6.87. The number of hydrogen-bond donors (Lipinski definition) is 0. The average molecular weight is 352 g/mol. The lowest BCUT2D eigenvalue weighted by Crippen LogP contribution is -2.43. The van der Waals surface area contributed by atoms with Crippen LogP contribution < -0.4 is 0 Å². The first-order chi connectivity index (χ1) is 12.7. The Morgan fingerprint density at radius 2 is 2.15 bits per heavy atom. The maximum Gasteiger partial charge on any atom is 0.0949 e. The molecular formula is C19H24N6O. The van der Waals surface area contributed by atoms with Gasteiger partial charge in [0.25, 0.3) is 0 Å². The van der Waals surface area contributed by atoms with Crippen molar-refractivity contribution in [1.29, 1.82) is 0 Å². The first-order valence-corrected chi connectivity index (χ1v) is 8.87. The molecule has 0 bridgehead atoms. The second-order valence-corrected chi connectivity index (χ2v) is 6.87. The lowest BCUT2D eigenvalue weighted by atomic mass is 10.0. The molecule has 1 unspecified atom stereocenters. The number of pyridine rings is 1. The van der Waals surface area contributed by atoms with Gasteiger partial charge in [-0.25, -0.2) is 4.98 Å². The van der Waals surface area contributed by atoms with Crippen LogP contribution in [0.4, 0.5) is 0 Å². The zero-order chi connectivity index (χ0) is 17.9. The predicted octanol–water partition coefficient (Wildman–Crippen LogP) is 1.69. The highest BCUT2D eigenvalue weighted by Crippen LogP contribution is 2.24. The number of rotatable bonds is 6. The summed E-state index contributed by atoms with van der Waals surface area (Å²) in [4.78, 5) is 11.3. The molecule has 7 heteroatoms. The van der Waals surface area contributed by atoms with Gasteiger partial charge in [0.05, 0.1) is 37.1 Å². The first-order valence-electron chi connectivity index (χ1n) is 8.87. The zero-order valence-corrected chi connectivity index (χ0v) is 15.2. The van der Waals surface area contributed by atoms with E-state index in [1.165, 1.54) is 11.3 Å². The van der Waals surface area contributed by atoms with Crippen molar-refractivity contribution in [2.45, 2.75) is 32.2 Å². The quantitative estimate of drug-likeness (QED) is 0.676. The van der Waals surface area contributed by atoms with E-state index in [4.69, 9.17) is 4.74 Å². The normalized spacial score (nSPS) is 17.4. The number of ether oxygens (including phenoxy) is 1. The Bertz CT molecular complexity index is 856. The van der Waals surface area contributed by atoms with Crippen LogP contribution in [0.1, 0.15) is 22.6 Å². The van der Waals surface area contributed by atoms with Crippen LogP contribution in [0.15, 0.2) is 43.1 Å². The summed E-state index contributed by atoms with van der Waals surface area (Å²) in [6.07, 6.45) is 8.65. The van der Waals surface area contributed by atoms with Gasteiger partial charge in [-0.1, -0.05) is 6.07 Å². The third-order valence-electron chi connectivity index (χ3n) is 4.87. The van der Waals surface area contributed by atoms with Crippen molar-refractivity contribution in [3.63, 3.8) is 0 Å². The topological polar surface area (TPSA) is 61.0 Å². The number of hydrogen-bond acceptors (Lipinski definition) is 5. The molecule has 4 rings (SSSR count). The monoisotopic (exact) mass is 352 g/mol. The van der Waals surface area contributed by atoms with Crippen LogP contribution in [0.25, 0.3) is 0 Å². The summed E-state index contributed by atoms with van der Waals surface area (Å²) in [5, 5.41) is 4.29. The minimum atomic E-state index is 0.307. The van der Waals surface area contributed by atoms with Gasteiger partial charge in [-0.2, -0.15) is 5.10 Å². The molecule has 3 aromatic rings. The van der Waals surface area contributed by atoms with Gasteiger partial charge >= 0.3 is 0 Å². The van der Waals surface area contributed by atoms with Gasteiger partial charge in [-0.05, 0) is 12.1 Å². The van der Waals surface area contributed by atoms with Crippen LogP contribution in [0, 0.1) is 0 Å². The molecule has 3 aromatic heterocycles. The highest BCUT2D eigenvalue weighted by Gasteiger charge is 2.29. The van der Waals surface area contributed by atoms with Crippen molar-refractivity contribution in [2.75, 3.05) is 6.61 Å². The van der Waals surface area contributed by atoms with Crippen molar-refractivity contribution in [2.24, 2.45) is 14.1 Å². The minimum absolute atomic E-state index is 0.307. The molecule has 0 aliphatic carbocycles. The minimum Gasteiger partial charge on any atom is -0.374 e. The number of fused-ring (bicyclic) bond motifs is 1. The zero-order valence-electron chi connectivity index (χ0n) is 15.2. The number of aromatic nitrogens is 5. The smallest absolute Gasteiger partial charge is 0.0949 e. The predicted molar refractivity (Wildman–Crippen MR) is 97.0 cm³/mol. The van der Waals surface area contributed by atoms with E-state index in [0.29, 0.717) is 19.3 Å². The molecule has 0 saturated heterocycles. The van der Waals surface area contributed by atoms with E-state index in [1.54, 1.807) is 6.20 Å². The van der Waals surface area contributed by atoms with Gasteiger partial charge in [0.15, 0.2) is 0 Å². The summed E-state index contributed by atoms with van der Waals surface area (Å²) in [6.45, 7) is 2.89. The van der Waals surface area contributed by atoms with Crippen molar-refractivity contribution in [3.8, 4) is 0 Å². The standard InChI is InChI=1S/C19H24N6O/c1-23-14-21-18-11-25(10-15-8-22-24(2)9-15)17(7-19(18)23)13-26-12-16-5-3-4-6-20-16/h3-6,8-9,14,17H,7,10-13H2,1-2H3. The SMILES string of the molecule is Cn1cc(CN2Cc3ncn(C)c3CC2COCc2ccccn2)cn1. The molecule has 0 spiro atoms. The second kappa shape index (κ2) is 7.39. The Balaban J connectivity index is 1.46. The van der Waals surface area contributed by atoms with E-state index < -0.39 is 0 Å². The van der Waals surface area contributed by atoms with Crippen molar-refractivity contribution < 1.29 is 4.74 Å². The lowest BCUT2D eigenvalue weighted by molar-refractivity contribution is 0.0349. The first kappa shape index (κ1) is 16.9. The van der Waals surface area contributed by atoms with Gasteiger partial charge in [0.1, 0.15) is 0 Å². The molecule has 0 aromatic carbocycles. The number of imidazole rings is 1. The average Bonchev–Trinajstić information content (AvgIpc) is 3.22. The summed E-state index contributed by atoms with van der Waals surface area (Å²) >= 11 is 0. The molecule has 0 N–H and O–H groups in total. The molecule has 0 amide bonds. The number of aryl methyl sites for hydroxylation is 2. The van der Waals surface area contributed by atoms with Gasteiger partial charge < -0.3 is 9.30 Å². The lowest BCUT2D eigenvalue weighted by Gasteiger charge is -2.35. The third kappa shape index (κ3) is 3.68. The Morgan fingerprint density at radius 3 is 2.92 bits per heavy atom. The van der Waals surface area contributed by atoms with E-state index in [2.05, 4.69) is 37.8 Å². The molecule has 136 valence electrons. The molecule has 7 nitrogen and oxygen atoms in total. The molecule has 1 atom stereocenters. The largest absolute Gasteiger partial charge is 0.374 e. The van der Waals surface area contributed by atoms with E-state index in [9.17, 15) is 0 Å². The summed E-state index contributed by atoms with van der Waals surface area (Å²) in [7, 11) is 4.01. The summed E-state index contributed by atoms with van der Waals surface area (Å²) in [5.74, 6) is 0. The Morgan fingerprint density at radius 1 is 1.23 bits per heavy atom. The maximum absolute atomic E-state index is 6.01. The number of nitrogens with zero attached hydrogens (tertiary/aromatic N) is 6. The van der Waals surface area contributed by atoms with Gasteiger partial charge in [0, 0.05) is 63.3 Å². The van der Waals surface area contributed by atoms with Crippen LogP contribution in [0.2, 0.25) is 0 Å². The van der Waals surface area contributed by atoms with Crippen LogP contribution in [-0.4, -0.2) is 41.9 Å². The molecule has 0 saturated carbocycles. The van der Waals surface area contributed by atoms with Crippen LogP contribution in [-0.2, 0) is 44.9 Å². The van der Waals surface area contributed by atoms with Gasteiger partial charge in [-0.15, -0.1) is 0 Å². The van der Waals surface area contributed by atoms with Crippen LogP contribution in [0.3, 0.4) is 0 Å². The Kier molecular flexibility index (Phi) is 4.81. The van der Waals surface area contributed by atoms with Crippen LogP contribution >= 0.6 is 0 Å². The van der Waals surface area contributed by atoms with E-state index in [1.807, 2.05) is 42.5 Å². The molecule has 1 aliphatic rings. The fraction of sp³-hybridized carbons (Fsp3) is 0.421. The fourth-order valence-electron chi connectivity index (χ4n) is 3.49. The molecule has 26 heavy (non-hydrogen) atoms. The highest BCUT2D eigenvalue weighted by atomic mass is 16.5. The summed E-state index contributed by atoms with van der Waals surface area (Å²) < 4.78 is 9.98. The van der Waals surface area contributed by atoms with Gasteiger partial charge in [0.2, 0.25) is 0 Å². The van der Waals surface area contributed by atoms with Crippen molar-refractivity contribution in [3.05, 3.63) is 65.8 Å². The van der Waals surface area contributed by atoms with E-state index in [0.717, 1.165) is 30.9 Å². The molecule has 4 heterocycles. The summed E-state index contributed by atoms with van der Waals surface area (Å²) in [5.41, 5.74) is 4.64. The van der Waals surface area contributed by atoms with Crippen LogP contribution in [0.5, 0.6) is 0 Å². The Labute approximate surface area is 153 Å². The molecule has 0 radical (unpaired) electrons. The molecule has 0 fully saturated rings. The third-order valence-corrected chi connectivity index (χ3v) is 4.87.